The first-order valence-corrected chi connectivity index (χ1v) is 6.72. The number of benzene rings is 1. The first-order valence-electron chi connectivity index (χ1n) is 5.80. The van der Waals surface area contributed by atoms with Crippen molar-refractivity contribution in [3.8, 4) is 5.75 Å². The standard InChI is InChI=1S/C13H16BrNO2/c1-8-3-2-4-10(12(8)16)13(17)15-7-11(14)9-5-6-9/h2-4,9,11,16H,5-7H2,1H3,(H,15,17). The normalized spacial score (nSPS) is 16.6. The van der Waals surface area contributed by atoms with Gasteiger partial charge in [0.1, 0.15) is 5.75 Å². The molecule has 1 aromatic carbocycles. The topological polar surface area (TPSA) is 49.3 Å². The predicted molar refractivity (Wildman–Crippen MR) is 70.6 cm³/mol. The van der Waals surface area contributed by atoms with E-state index in [4.69, 9.17) is 0 Å². The van der Waals surface area contributed by atoms with E-state index >= 15 is 0 Å². The fraction of sp³-hybridized carbons (Fsp3) is 0.462. The summed E-state index contributed by atoms with van der Waals surface area (Å²) in [6.07, 6.45) is 2.48. The predicted octanol–water partition coefficient (Wildman–Crippen LogP) is 2.60. The molecule has 1 amide bonds. The van der Waals surface area contributed by atoms with Crippen molar-refractivity contribution in [1.29, 1.82) is 0 Å². The second-order valence-electron chi connectivity index (χ2n) is 4.53. The smallest absolute Gasteiger partial charge is 0.255 e. The van der Waals surface area contributed by atoms with Crippen LogP contribution in [-0.2, 0) is 0 Å². The maximum Gasteiger partial charge on any atom is 0.255 e. The second-order valence-corrected chi connectivity index (χ2v) is 5.71. The number of hydrogen-bond donors (Lipinski definition) is 2. The molecule has 1 unspecified atom stereocenters. The molecule has 17 heavy (non-hydrogen) atoms. The van der Waals surface area contributed by atoms with E-state index in [1.165, 1.54) is 12.8 Å². The van der Waals surface area contributed by atoms with E-state index in [1.54, 1.807) is 25.1 Å². The molecule has 3 nitrogen and oxygen atoms in total. The molecule has 0 spiro atoms. The minimum Gasteiger partial charge on any atom is -0.507 e. The molecule has 2 rings (SSSR count). The van der Waals surface area contributed by atoms with Crippen LogP contribution in [0.25, 0.3) is 0 Å². The van der Waals surface area contributed by atoms with Crippen LogP contribution in [0.15, 0.2) is 18.2 Å². The number of aromatic hydroxyl groups is 1. The van der Waals surface area contributed by atoms with Crippen LogP contribution < -0.4 is 5.32 Å². The van der Waals surface area contributed by atoms with Gasteiger partial charge in [0.2, 0.25) is 0 Å². The average molecular weight is 298 g/mol. The highest BCUT2D eigenvalue weighted by molar-refractivity contribution is 9.09. The fourth-order valence-electron chi connectivity index (χ4n) is 1.75. The average Bonchev–Trinajstić information content (AvgIpc) is 3.13. The fourth-order valence-corrected chi connectivity index (χ4v) is 2.44. The van der Waals surface area contributed by atoms with Gasteiger partial charge in [-0.15, -0.1) is 0 Å². The summed E-state index contributed by atoms with van der Waals surface area (Å²) in [4.78, 5) is 12.2. The Bertz CT molecular complexity index is 429. The van der Waals surface area contributed by atoms with Gasteiger partial charge < -0.3 is 10.4 Å². The molecule has 0 heterocycles. The minimum absolute atomic E-state index is 0.0718. The van der Waals surface area contributed by atoms with Crippen molar-refractivity contribution in [2.45, 2.75) is 24.6 Å². The van der Waals surface area contributed by atoms with E-state index in [-0.39, 0.29) is 11.7 Å². The lowest BCUT2D eigenvalue weighted by Gasteiger charge is -2.11. The van der Waals surface area contributed by atoms with Gasteiger partial charge in [0.05, 0.1) is 5.56 Å². The Kier molecular flexibility index (Phi) is 3.72. The first-order chi connectivity index (χ1) is 8.09. The van der Waals surface area contributed by atoms with Crippen LogP contribution in [0.1, 0.15) is 28.8 Å². The van der Waals surface area contributed by atoms with Crippen LogP contribution in [-0.4, -0.2) is 22.4 Å². The number of halogens is 1. The Morgan fingerprint density at radius 1 is 1.59 bits per heavy atom. The highest BCUT2D eigenvalue weighted by Gasteiger charge is 2.29. The molecule has 4 heteroatoms. The van der Waals surface area contributed by atoms with E-state index in [2.05, 4.69) is 21.2 Å². The van der Waals surface area contributed by atoms with Gasteiger partial charge in [-0.3, -0.25) is 4.79 Å². The molecule has 1 atom stereocenters. The van der Waals surface area contributed by atoms with E-state index in [0.29, 0.717) is 22.9 Å². The lowest BCUT2D eigenvalue weighted by molar-refractivity contribution is 0.0950. The van der Waals surface area contributed by atoms with Crippen molar-refractivity contribution in [3.63, 3.8) is 0 Å². The number of hydrogen-bond acceptors (Lipinski definition) is 2. The Labute approximate surface area is 109 Å². The van der Waals surface area contributed by atoms with Crippen LogP contribution in [0.3, 0.4) is 0 Å². The van der Waals surface area contributed by atoms with E-state index in [9.17, 15) is 9.90 Å². The zero-order valence-corrected chi connectivity index (χ0v) is 11.3. The molecule has 0 aliphatic heterocycles. The van der Waals surface area contributed by atoms with Crippen LogP contribution in [0.5, 0.6) is 5.75 Å². The summed E-state index contributed by atoms with van der Waals surface area (Å²) in [5.41, 5.74) is 1.07. The largest absolute Gasteiger partial charge is 0.507 e. The molecule has 0 radical (unpaired) electrons. The van der Waals surface area contributed by atoms with Crippen molar-refractivity contribution >= 4 is 21.8 Å². The Hall–Kier alpha value is -1.03. The molecule has 1 saturated carbocycles. The molecule has 1 aromatic rings. The van der Waals surface area contributed by atoms with Crippen molar-refractivity contribution in [2.24, 2.45) is 5.92 Å². The van der Waals surface area contributed by atoms with E-state index in [0.717, 1.165) is 5.56 Å². The number of rotatable bonds is 4. The highest BCUT2D eigenvalue weighted by Crippen LogP contribution is 2.36. The number of para-hydroxylation sites is 1. The highest BCUT2D eigenvalue weighted by atomic mass is 79.9. The maximum atomic E-state index is 11.9. The summed E-state index contributed by atoms with van der Waals surface area (Å²) in [5, 5.41) is 12.6. The van der Waals surface area contributed by atoms with Crippen LogP contribution in [0.4, 0.5) is 0 Å². The van der Waals surface area contributed by atoms with Gasteiger partial charge in [0.15, 0.2) is 0 Å². The zero-order valence-electron chi connectivity index (χ0n) is 9.74. The first kappa shape index (κ1) is 12.4. The van der Waals surface area contributed by atoms with Crippen LogP contribution >= 0.6 is 15.9 Å². The summed E-state index contributed by atoms with van der Waals surface area (Å²) in [6.45, 7) is 2.39. The third-order valence-electron chi connectivity index (χ3n) is 3.07. The number of amides is 1. The number of phenolic OH excluding ortho intramolecular Hbond substituents is 1. The second kappa shape index (κ2) is 5.08. The molecular weight excluding hydrogens is 282 g/mol. The summed E-state index contributed by atoms with van der Waals surface area (Å²) in [7, 11) is 0. The monoisotopic (exact) mass is 297 g/mol. The van der Waals surface area contributed by atoms with Gasteiger partial charge >= 0.3 is 0 Å². The van der Waals surface area contributed by atoms with Gasteiger partial charge in [0, 0.05) is 11.4 Å². The molecule has 2 N–H and O–H groups in total. The van der Waals surface area contributed by atoms with Gasteiger partial charge in [-0.05, 0) is 37.3 Å². The molecule has 1 aliphatic rings. The van der Waals surface area contributed by atoms with E-state index in [1.807, 2.05) is 0 Å². The van der Waals surface area contributed by atoms with Crippen molar-refractivity contribution in [2.75, 3.05) is 6.54 Å². The Morgan fingerprint density at radius 3 is 2.94 bits per heavy atom. The number of nitrogens with one attached hydrogen (secondary N) is 1. The Balaban J connectivity index is 1.96. The summed E-state index contributed by atoms with van der Waals surface area (Å²) < 4.78 is 0. The molecule has 0 aromatic heterocycles. The lowest BCUT2D eigenvalue weighted by atomic mass is 10.1. The lowest BCUT2D eigenvalue weighted by Crippen LogP contribution is -2.30. The van der Waals surface area contributed by atoms with E-state index < -0.39 is 0 Å². The molecule has 1 fully saturated rings. The van der Waals surface area contributed by atoms with Crippen molar-refractivity contribution in [3.05, 3.63) is 29.3 Å². The van der Waals surface area contributed by atoms with Crippen LogP contribution in [0.2, 0.25) is 0 Å². The molecule has 92 valence electrons. The zero-order chi connectivity index (χ0) is 12.4. The third-order valence-corrected chi connectivity index (χ3v) is 4.14. The van der Waals surface area contributed by atoms with Crippen LogP contribution in [0, 0.1) is 12.8 Å². The van der Waals surface area contributed by atoms with Crippen molar-refractivity contribution < 1.29 is 9.90 Å². The number of aryl methyl sites for hydroxylation is 1. The van der Waals surface area contributed by atoms with Gasteiger partial charge in [-0.25, -0.2) is 0 Å². The van der Waals surface area contributed by atoms with Crippen molar-refractivity contribution in [1.82, 2.24) is 5.32 Å². The molecule has 0 saturated heterocycles. The number of carbonyl (C=O) groups excluding carboxylic acids is 1. The summed E-state index contributed by atoms with van der Waals surface area (Å²) >= 11 is 3.56. The number of carbonyl (C=O) groups is 1. The third kappa shape index (κ3) is 3.00. The summed E-state index contributed by atoms with van der Waals surface area (Å²) in [5.74, 6) is 0.556. The minimum atomic E-state index is -0.212. The van der Waals surface area contributed by atoms with Gasteiger partial charge in [-0.1, -0.05) is 28.1 Å². The Morgan fingerprint density at radius 2 is 2.29 bits per heavy atom. The van der Waals surface area contributed by atoms with Gasteiger partial charge in [-0.2, -0.15) is 0 Å². The number of phenols is 1. The SMILES string of the molecule is Cc1cccc(C(=O)NCC(Br)C2CC2)c1O. The molecule has 1 aliphatic carbocycles. The summed E-state index contributed by atoms with van der Waals surface area (Å²) in [6, 6.07) is 5.19. The number of alkyl halides is 1. The molecule has 0 bridgehead atoms. The van der Waals surface area contributed by atoms with Gasteiger partial charge in [0.25, 0.3) is 5.91 Å². The molecular formula is C13H16BrNO2. The maximum absolute atomic E-state index is 11.9. The quantitative estimate of drug-likeness (QED) is 0.839.